The molecule has 0 rings (SSSR count). The smallest absolute Gasteiger partial charge is 0.343 e. The molecule has 1 heteroatoms. The Kier molecular flexibility index (Phi) is 52.9. The van der Waals surface area contributed by atoms with Crippen molar-refractivity contribution in [1.29, 1.82) is 0 Å². The fourth-order valence-corrected chi connectivity index (χ4v) is 0. The molecule has 44 valence electrons. The van der Waals surface area contributed by atoms with E-state index in [9.17, 15) is 0 Å². The van der Waals surface area contributed by atoms with Crippen LogP contribution in [0.4, 0.5) is 0 Å². The van der Waals surface area contributed by atoms with Crippen molar-refractivity contribution >= 4 is 0 Å². The molecule has 0 aromatic carbocycles. The maximum Gasteiger partial charge on any atom is 2.00 e. The Balaban J connectivity index is -0.0000000575. The van der Waals surface area contributed by atoms with Gasteiger partial charge < -0.3 is 6.92 Å². The molecule has 0 atom stereocenters. The van der Waals surface area contributed by atoms with Gasteiger partial charge in [-0.05, 0) is 0 Å². The van der Waals surface area contributed by atoms with Gasteiger partial charge in [0.1, 0.15) is 0 Å². The molecule has 0 aliphatic rings. The van der Waals surface area contributed by atoms with Crippen molar-refractivity contribution in [3.8, 4) is 0 Å². The summed E-state index contributed by atoms with van der Waals surface area (Å²) in [7, 11) is 0. The Bertz CT molecular complexity index is 23.6. The third kappa shape index (κ3) is 112. The monoisotopic (exact) mass is 162 g/mol. The van der Waals surface area contributed by atoms with E-state index in [1.54, 1.807) is 0 Å². The average Bonchev–Trinajstić information content (AvgIpc) is 1.69. The molecule has 0 saturated carbocycles. The molecule has 0 aliphatic heterocycles. The third-order valence-corrected chi connectivity index (χ3v) is 0.354. The quantitative estimate of drug-likeness (QED) is 0.412. The van der Waals surface area contributed by atoms with Gasteiger partial charge in [-0.3, -0.25) is 0 Å². The molecule has 0 aromatic rings. The summed E-state index contributed by atoms with van der Waals surface area (Å²) >= 11 is 0. The van der Waals surface area contributed by atoms with Gasteiger partial charge in [-0.1, -0.05) is 13.3 Å². The van der Waals surface area contributed by atoms with Crippen molar-refractivity contribution < 1.29 is 19.5 Å². The summed E-state index contributed by atoms with van der Waals surface area (Å²) in [5.41, 5.74) is 0. The maximum atomic E-state index is 3.60. The Hall–Kier alpha value is 0.233. The molecule has 0 unspecified atom stereocenters. The predicted octanol–water partition coefficient (Wildman–Crippen LogP) is 2.62. The first kappa shape index (κ1) is 15.7. The number of rotatable bonds is 1. The van der Waals surface area contributed by atoms with E-state index in [1.807, 2.05) is 0 Å². The van der Waals surface area contributed by atoms with Gasteiger partial charge in [0.15, 0.2) is 0 Å². The van der Waals surface area contributed by atoms with Gasteiger partial charge >= 0.3 is 19.5 Å². The van der Waals surface area contributed by atoms with Crippen LogP contribution >= 0.6 is 0 Å². The van der Waals surface area contributed by atoms with Crippen LogP contribution in [0.3, 0.4) is 0 Å². The summed E-state index contributed by atoms with van der Waals surface area (Å²) in [6.07, 6.45) is 3.78. The summed E-state index contributed by atoms with van der Waals surface area (Å²) in [6, 6.07) is 0. The Labute approximate surface area is 66.1 Å². The van der Waals surface area contributed by atoms with Gasteiger partial charge in [-0.15, -0.1) is 0 Å². The number of unbranched alkanes of at least 4 members (excludes halogenated alkanes) is 1. The molecule has 0 fully saturated rings. The predicted molar refractivity (Wildman–Crippen MR) is 35.8 cm³/mol. The van der Waals surface area contributed by atoms with Crippen LogP contribution in [0.25, 0.3) is 0 Å². The second-order valence-corrected chi connectivity index (χ2v) is 1.14. The third-order valence-electron chi connectivity index (χ3n) is 0.354. The molecule has 0 N–H and O–H groups in total. The van der Waals surface area contributed by atoms with Gasteiger partial charge in [-0.2, -0.15) is 6.42 Å². The van der Waals surface area contributed by atoms with Crippen LogP contribution in [0.5, 0.6) is 0 Å². The first-order valence-corrected chi connectivity index (χ1v) is 2.52. The summed E-state index contributed by atoms with van der Waals surface area (Å²) in [6.45, 7) is 12.2. The fourth-order valence-electron chi connectivity index (χ4n) is 0. The molecule has 0 heterocycles. The average molecular weight is 164 g/mol. The van der Waals surface area contributed by atoms with Crippen LogP contribution in [0.1, 0.15) is 19.8 Å². The summed E-state index contributed by atoms with van der Waals surface area (Å²) in [4.78, 5) is 0. The minimum atomic E-state index is 0. The number of hydrogen-bond donors (Lipinski definition) is 0. The van der Waals surface area contributed by atoms with Crippen molar-refractivity contribution in [3.63, 3.8) is 0 Å². The van der Waals surface area contributed by atoms with Crippen molar-refractivity contribution in [2.24, 2.45) is 0 Å². The molecule has 0 amide bonds. The molecule has 8 heavy (non-hydrogen) atoms. The molecule has 0 aromatic heterocycles. The second kappa shape index (κ2) is 26.9. The van der Waals surface area contributed by atoms with Gasteiger partial charge in [0.25, 0.3) is 0 Å². The molecule has 0 aliphatic carbocycles. The first-order chi connectivity index (χ1) is 3.33. The van der Waals surface area contributed by atoms with Gasteiger partial charge in [0, 0.05) is 0 Å². The molecular formula is C7H14Zn. The normalized spacial score (nSPS) is 5.25. The zero-order valence-corrected chi connectivity index (χ0v) is 8.79. The molecule has 0 bridgehead atoms. The number of allylic oxidation sites excluding steroid dienone is 1. The van der Waals surface area contributed by atoms with Crippen LogP contribution in [-0.4, -0.2) is 0 Å². The minimum Gasteiger partial charge on any atom is -0.343 e. The van der Waals surface area contributed by atoms with E-state index < -0.39 is 0 Å². The van der Waals surface area contributed by atoms with E-state index in [-0.39, 0.29) is 19.5 Å². The zero-order valence-electron chi connectivity index (χ0n) is 5.82. The summed E-state index contributed by atoms with van der Waals surface area (Å²) < 4.78 is 0. The van der Waals surface area contributed by atoms with Crippen LogP contribution in [0.2, 0.25) is 0 Å². The van der Waals surface area contributed by atoms with Crippen molar-refractivity contribution in [3.05, 3.63) is 26.5 Å². The van der Waals surface area contributed by atoms with Crippen molar-refractivity contribution in [1.82, 2.24) is 0 Å². The fraction of sp³-hybridized carbons (Fsp3) is 0.429. The van der Waals surface area contributed by atoms with E-state index in [2.05, 4.69) is 27.4 Å². The van der Waals surface area contributed by atoms with Crippen LogP contribution in [0, 0.1) is 13.8 Å². The standard InChI is InChI=1S/C4H9.C3H5.Zn/c1-3-4-2;1-3-2;/h1,3-4H2,2H3;3H,1-2H2;/q2*-1;+2. The summed E-state index contributed by atoms with van der Waals surface area (Å²) in [5.74, 6) is 0. The van der Waals surface area contributed by atoms with Gasteiger partial charge in [0.2, 0.25) is 0 Å². The molecule has 0 saturated heterocycles. The molecular weight excluding hydrogens is 149 g/mol. The van der Waals surface area contributed by atoms with Crippen LogP contribution < -0.4 is 0 Å². The van der Waals surface area contributed by atoms with E-state index in [0.29, 0.717) is 0 Å². The SMILES string of the molecule is C=C[CH2-].[CH2-]CCC.[Zn+2]. The Morgan fingerprint density at radius 2 is 1.75 bits per heavy atom. The molecule has 0 spiro atoms. The Morgan fingerprint density at radius 1 is 1.62 bits per heavy atom. The van der Waals surface area contributed by atoms with Gasteiger partial charge in [0.05, 0.1) is 0 Å². The van der Waals surface area contributed by atoms with E-state index >= 15 is 0 Å². The van der Waals surface area contributed by atoms with Crippen molar-refractivity contribution in [2.45, 2.75) is 19.8 Å². The molecule has 0 nitrogen and oxygen atoms in total. The first-order valence-electron chi connectivity index (χ1n) is 2.52. The Morgan fingerprint density at radius 3 is 1.75 bits per heavy atom. The minimum absolute atomic E-state index is 0. The van der Waals surface area contributed by atoms with Crippen LogP contribution in [0.15, 0.2) is 12.7 Å². The molecule has 0 radical (unpaired) electrons. The van der Waals surface area contributed by atoms with Crippen LogP contribution in [-0.2, 0) is 19.5 Å². The topological polar surface area (TPSA) is 0 Å². The number of hydrogen-bond acceptors (Lipinski definition) is 0. The van der Waals surface area contributed by atoms with E-state index in [4.69, 9.17) is 0 Å². The van der Waals surface area contributed by atoms with Gasteiger partial charge in [-0.25, -0.2) is 19.6 Å². The summed E-state index contributed by atoms with van der Waals surface area (Å²) in [5, 5.41) is 0. The second-order valence-electron chi connectivity index (χ2n) is 1.14. The van der Waals surface area contributed by atoms with Crippen molar-refractivity contribution in [2.75, 3.05) is 0 Å². The largest absolute Gasteiger partial charge is 2.00 e. The van der Waals surface area contributed by atoms with E-state index in [0.717, 1.165) is 6.42 Å². The van der Waals surface area contributed by atoms with E-state index in [1.165, 1.54) is 12.5 Å². The maximum absolute atomic E-state index is 3.60. The zero-order chi connectivity index (χ0) is 6.12.